The molecule has 2 amide bonds. The number of carbonyl (C=O) groups is 3. The summed E-state index contributed by atoms with van der Waals surface area (Å²) in [6.45, 7) is 4.15. The van der Waals surface area contributed by atoms with Gasteiger partial charge in [0.1, 0.15) is 6.04 Å². The van der Waals surface area contributed by atoms with Crippen LogP contribution < -0.4 is 5.32 Å². The molecule has 0 bridgehead atoms. The molecule has 6 nitrogen and oxygen atoms in total. The Hall–Kier alpha value is -3.35. The second kappa shape index (κ2) is 10.1. The maximum atomic E-state index is 13.2. The maximum Gasteiger partial charge on any atom is 0.328 e. The third-order valence-electron chi connectivity index (χ3n) is 6.02. The van der Waals surface area contributed by atoms with E-state index in [1.165, 1.54) is 7.11 Å². The highest BCUT2D eigenvalue weighted by Crippen LogP contribution is 2.32. The van der Waals surface area contributed by atoms with Gasteiger partial charge in [-0.05, 0) is 52.9 Å². The number of nitrogens with one attached hydrogen (secondary N) is 1. The third kappa shape index (κ3) is 4.90. The van der Waals surface area contributed by atoms with E-state index in [0.717, 1.165) is 16.7 Å². The van der Waals surface area contributed by atoms with E-state index in [4.69, 9.17) is 27.9 Å². The van der Waals surface area contributed by atoms with Crippen molar-refractivity contribution in [3.63, 3.8) is 0 Å². The zero-order valence-corrected chi connectivity index (χ0v) is 21.0. The summed E-state index contributed by atoms with van der Waals surface area (Å²) in [6, 6.07) is 17.2. The predicted octanol–water partition coefficient (Wildman–Crippen LogP) is 6.07. The minimum absolute atomic E-state index is 0.0800. The first-order chi connectivity index (χ1) is 16.7. The van der Waals surface area contributed by atoms with Gasteiger partial charge in [0.25, 0.3) is 11.8 Å². The number of halogens is 2. The molecule has 35 heavy (non-hydrogen) atoms. The average molecular weight is 511 g/mol. The van der Waals surface area contributed by atoms with Gasteiger partial charge in [-0.3, -0.25) is 9.59 Å². The zero-order valence-electron chi connectivity index (χ0n) is 19.5. The van der Waals surface area contributed by atoms with Crippen molar-refractivity contribution in [2.45, 2.75) is 26.4 Å². The number of ether oxygens (including phenoxy) is 1. The second-order valence-electron chi connectivity index (χ2n) is 8.65. The van der Waals surface area contributed by atoms with Crippen LogP contribution in [0.15, 0.2) is 60.7 Å². The molecule has 1 heterocycles. The van der Waals surface area contributed by atoms with Gasteiger partial charge in [-0.1, -0.05) is 67.4 Å². The number of rotatable bonds is 6. The van der Waals surface area contributed by atoms with Crippen molar-refractivity contribution in [2.24, 2.45) is 5.92 Å². The van der Waals surface area contributed by atoms with E-state index in [1.807, 2.05) is 44.2 Å². The van der Waals surface area contributed by atoms with E-state index >= 15 is 0 Å². The highest BCUT2D eigenvalue weighted by molar-refractivity contribution is 6.40. The van der Waals surface area contributed by atoms with Crippen molar-refractivity contribution in [2.75, 3.05) is 12.4 Å². The molecule has 0 radical (unpaired) electrons. The van der Waals surface area contributed by atoms with E-state index in [0.29, 0.717) is 17.8 Å². The smallest absolute Gasteiger partial charge is 0.328 e. The van der Waals surface area contributed by atoms with Gasteiger partial charge in [0.2, 0.25) is 0 Å². The van der Waals surface area contributed by atoms with Gasteiger partial charge in [-0.15, -0.1) is 0 Å². The first-order valence-electron chi connectivity index (χ1n) is 11.1. The molecule has 180 valence electrons. The molecule has 0 aromatic heterocycles. The SMILES string of the molecule is COC(=O)[C@H](C(C)C)N1Cc2ccc(-c3ccc(NC(=O)c4c(Cl)cccc4Cl)cc3)cc2C1=O. The molecule has 0 aliphatic carbocycles. The van der Waals surface area contributed by atoms with Crippen LogP contribution in [0.1, 0.15) is 40.1 Å². The quantitative estimate of drug-likeness (QED) is 0.408. The van der Waals surface area contributed by atoms with Gasteiger partial charge in [0.05, 0.1) is 22.7 Å². The summed E-state index contributed by atoms with van der Waals surface area (Å²) in [7, 11) is 1.33. The van der Waals surface area contributed by atoms with Crippen LogP contribution in [-0.4, -0.2) is 35.8 Å². The summed E-state index contributed by atoms with van der Waals surface area (Å²) in [5.41, 5.74) is 3.96. The van der Waals surface area contributed by atoms with Crippen LogP contribution in [0.4, 0.5) is 5.69 Å². The molecule has 1 N–H and O–H groups in total. The number of benzene rings is 3. The van der Waals surface area contributed by atoms with Crippen molar-refractivity contribution in [1.82, 2.24) is 4.90 Å². The fourth-order valence-corrected chi connectivity index (χ4v) is 4.83. The average Bonchev–Trinajstić information content (AvgIpc) is 3.14. The van der Waals surface area contributed by atoms with Crippen molar-refractivity contribution < 1.29 is 19.1 Å². The number of carbonyl (C=O) groups excluding carboxylic acids is 3. The van der Waals surface area contributed by atoms with Crippen LogP contribution in [0, 0.1) is 5.92 Å². The first kappa shape index (κ1) is 24.8. The predicted molar refractivity (Wildman–Crippen MR) is 137 cm³/mol. The number of esters is 1. The Balaban J connectivity index is 1.53. The van der Waals surface area contributed by atoms with E-state index in [1.54, 1.807) is 35.2 Å². The van der Waals surface area contributed by atoms with Crippen LogP contribution in [-0.2, 0) is 16.1 Å². The monoisotopic (exact) mass is 510 g/mol. The Labute approximate surface area is 213 Å². The Morgan fingerprint density at radius 1 is 0.971 bits per heavy atom. The van der Waals surface area contributed by atoms with Gasteiger partial charge in [-0.25, -0.2) is 4.79 Å². The molecule has 1 atom stereocenters. The molecule has 0 saturated carbocycles. The number of fused-ring (bicyclic) bond motifs is 1. The summed E-state index contributed by atoms with van der Waals surface area (Å²) in [5.74, 6) is -1.09. The molecular formula is C27H24Cl2N2O4. The molecule has 0 unspecified atom stereocenters. The molecular weight excluding hydrogens is 487 g/mol. The molecule has 0 saturated heterocycles. The van der Waals surface area contributed by atoms with Gasteiger partial charge < -0.3 is 15.0 Å². The van der Waals surface area contributed by atoms with E-state index in [2.05, 4.69) is 5.32 Å². The van der Waals surface area contributed by atoms with Crippen molar-refractivity contribution in [1.29, 1.82) is 0 Å². The van der Waals surface area contributed by atoms with Crippen molar-refractivity contribution in [3.05, 3.63) is 87.4 Å². The number of amides is 2. The molecule has 1 aliphatic heterocycles. The Morgan fingerprint density at radius 2 is 1.60 bits per heavy atom. The third-order valence-corrected chi connectivity index (χ3v) is 6.65. The Morgan fingerprint density at radius 3 is 2.20 bits per heavy atom. The van der Waals surface area contributed by atoms with Crippen LogP contribution in [0.3, 0.4) is 0 Å². The lowest BCUT2D eigenvalue weighted by molar-refractivity contribution is -0.147. The summed E-state index contributed by atoms with van der Waals surface area (Å²) in [6.07, 6.45) is 0. The molecule has 0 spiro atoms. The lowest BCUT2D eigenvalue weighted by Crippen LogP contribution is -2.45. The number of nitrogens with zero attached hydrogens (tertiary/aromatic N) is 1. The van der Waals surface area contributed by atoms with Gasteiger partial charge in [0.15, 0.2) is 0 Å². The topological polar surface area (TPSA) is 75.7 Å². The Kier molecular flexibility index (Phi) is 7.15. The zero-order chi connectivity index (χ0) is 25.3. The number of hydrogen-bond donors (Lipinski definition) is 1. The largest absolute Gasteiger partial charge is 0.467 e. The summed E-state index contributed by atoms with van der Waals surface area (Å²) in [5, 5.41) is 3.35. The lowest BCUT2D eigenvalue weighted by atomic mass is 10.00. The second-order valence-corrected chi connectivity index (χ2v) is 9.46. The molecule has 3 aromatic carbocycles. The molecule has 1 aliphatic rings. The van der Waals surface area contributed by atoms with Crippen LogP contribution in [0.2, 0.25) is 10.0 Å². The molecule has 0 fully saturated rings. The molecule has 3 aromatic rings. The fraction of sp³-hybridized carbons (Fsp3) is 0.222. The number of anilines is 1. The van der Waals surface area contributed by atoms with Crippen molar-refractivity contribution >= 4 is 46.7 Å². The summed E-state index contributed by atoms with van der Waals surface area (Å²) < 4.78 is 4.93. The van der Waals surface area contributed by atoms with E-state index in [9.17, 15) is 14.4 Å². The number of hydrogen-bond acceptors (Lipinski definition) is 4. The number of methoxy groups -OCH3 is 1. The van der Waals surface area contributed by atoms with Crippen LogP contribution in [0.25, 0.3) is 11.1 Å². The van der Waals surface area contributed by atoms with Crippen molar-refractivity contribution in [3.8, 4) is 11.1 Å². The van der Waals surface area contributed by atoms with Gasteiger partial charge in [-0.2, -0.15) is 0 Å². The maximum absolute atomic E-state index is 13.2. The highest BCUT2D eigenvalue weighted by atomic mass is 35.5. The minimum atomic E-state index is -0.641. The van der Waals surface area contributed by atoms with E-state index in [-0.39, 0.29) is 27.4 Å². The standard InChI is InChI=1S/C27H24Cl2N2O4/c1-15(2)24(27(34)35-3)31-14-18-8-7-17(13-20(18)26(31)33)16-9-11-19(12-10-16)30-25(32)23-21(28)5-4-6-22(23)29/h4-13,15,24H,14H2,1-3H3,(H,30,32)/t24-/m0/s1. The highest BCUT2D eigenvalue weighted by Gasteiger charge is 2.38. The van der Waals surface area contributed by atoms with Crippen LogP contribution in [0.5, 0.6) is 0 Å². The fourth-order valence-electron chi connectivity index (χ4n) is 4.26. The van der Waals surface area contributed by atoms with Crippen LogP contribution >= 0.6 is 23.2 Å². The Bertz CT molecular complexity index is 1280. The first-order valence-corrected chi connectivity index (χ1v) is 11.8. The normalized spacial score (nSPS) is 13.5. The summed E-state index contributed by atoms with van der Waals surface area (Å²) >= 11 is 12.2. The minimum Gasteiger partial charge on any atom is -0.467 e. The molecule has 8 heteroatoms. The van der Waals surface area contributed by atoms with E-state index < -0.39 is 17.9 Å². The lowest BCUT2D eigenvalue weighted by Gasteiger charge is -2.28. The van der Waals surface area contributed by atoms with Gasteiger partial charge in [0, 0.05) is 17.8 Å². The van der Waals surface area contributed by atoms with Gasteiger partial charge >= 0.3 is 5.97 Å². The summed E-state index contributed by atoms with van der Waals surface area (Å²) in [4.78, 5) is 39.7. The molecule has 4 rings (SSSR count).